The van der Waals surface area contributed by atoms with Crippen LogP contribution in [0.5, 0.6) is 5.75 Å². The molecule has 6 heterocycles. The molecule has 10 atom stereocenters. The van der Waals surface area contributed by atoms with Crippen molar-refractivity contribution in [2.24, 2.45) is 11.3 Å². The molecular weight excluding hydrogens is 838 g/mol. The summed E-state index contributed by atoms with van der Waals surface area (Å²) in [5.74, 6) is -1.04. The van der Waals surface area contributed by atoms with Crippen molar-refractivity contribution in [2.75, 3.05) is 78.4 Å². The largest absolute Gasteiger partial charge is 0.496 e. The van der Waals surface area contributed by atoms with Crippen LogP contribution in [0, 0.1) is 11.3 Å². The first kappa shape index (κ1) is 45.4. The number of anilines is 1. The number of carbonyl (C=O) groups excluding carboxylic acids is 2. The average Bonchev–Trinajstić information content (AvgIpc) is 3.95. The molecule has 2 bridgehead atoms. The van der Waals surface area contributed by atoms with Gasteiger partial charge in [0.15, 0.2) is 5.60 Å². The standard InChI is InChI=1S/C48H66N5O10P/c1-8-44(57)25-30-26-47(43(56)61-7,38-32(17-21-52(27-30)28-44)31-15-12-13-16-35(31)50-38)34-23-33-36(24-37(34)60-6)51(5)40-46(33)19-22-53-20-14-18-45(9-2,39(46)53)41(54)48(40,58)42(55)49-29-64(59,62-10-3)63-11-4/h12-16,18,23-24,30,39-41,50,54,57-58H,8-11,17,19-22,25-29H2,1-7H3,(H,49,55)/t30-,39+,40-,41-,44+,45-,46-,47+,48+/m1/s1. The van der Waals surface area contributed by atoms with E-state index in [-0.39, 0.29) is 25.2 Å². The molecule has 1 spiro atoms. The van der Waals surface area contributed by atoms with Crippen LogP contribution in [-0.4, -0.2) is 145 Å². The Labute approximate surface area is 376 Å². The first-order chi connectivity index (χ1) is 30.6. The first-order valence-corrected chi connectivity index (χ1v) is 24.9. The zero-order chi connectivity index (χ0) is 45.6. The molecule has 3 fully saturated rings. The fraction of sp³-hybridized carbons (Fsp3) is 0.625. The van der Waals surface area contributed by atoms with Crippen molar-refractivity contribution >= 4 is 36.1 Å². The molecule has 3 aromatic rings. The number of aliphatic hydroxyl groups is 3. The number of carbonyl (C=O) groups is 2. The number of piperidine rings is 1. The topological polar surface area (TPSA) is 186 Å². The number of benzene rings is 2. The lowest BCUT2D eigenvalue weighted by Crippen LogP contribution is -2.81. The van der Waals surface area contributed by atoms with Gasteiger partial charge in [-0.1, -0.05) is 44.2 Å². The second-order valence-corrected chi connectivity index (χ2v) is 21.3. The number of aliphatic hydroxyl groups excluding tert-OH is 1. The summed E-state index contributed by atoms with van der Waals surface area (Å²) >= 11 is 0. The molecule has 9 rings (SSSR count). The summed E-state index contributed by atoms with van der Waals surface area (Å²) in [5.41, 5.74) is -2.18. The van der Waals surface area contributed by atoms with Gasteiger partial charge >= 0.3 is 13.6 Å². The smallest absolute Gasteiger partial charge is 0.349 e. The van der Waals surface area contributed by atoms with E-state index < -0.39 is 65.4 Å². The number of para-hydroxylation sites is 1. The van der Waals surface area contributed by atoms with Crippen LogP contribution in [0.3, 0.4) is 0 Å². The third-order valence-electron chi connectivity index (χ3n) is 16.3. The van der Waals surface area contributed by atoms with Crippen molar-refractivity contribution in [3.8, 4) is 5.75 Å². The van der Waals surface area contributed by atoms with Gasteiger partial charge in [0, 0.05) is 84.0 Å². The normalized spacial score (nSPS) is 35.4. The van der Waals surface area contributed by atoms with Gasteiger partial charge in [-0.25, -0.2) is 0 Å². The molecule has 16 heteroatoms. The Morgan fingerprint density at radius 2 is 1.73 bits per heavy atom. The van der Waals surface area contributed by atoms with E-state index in [4.69, 9.17) is 18.5 Å². The summed E-state index contributed by atoms with van der Waals surface area (Å²) in [5, 5.41) is 42.1. The molecule has 6 aliphatic rings. The summed E-state index contributed by atoms with van der Waals surface area (Å²) in [6.45, 7) is 10.7. The number of nitrogens with zero attached hydrogens (tertiary/aromatic N) is 3. The van der Waals surface area contributed by atoms with Crippen molar-refractivity contribution in [2.45, 2.75) is 106 Å². The minimum atomic E-state index is -3.81. The highest BCUT2D eigenvalue weighted by molar-refractivity contribution is 7.53. The zero-order valence-corrected chi connectivity index (χ0v) is 39.2. The minimum Gasteiger partial charge on any atom is -0.496 e. The van der Waals surface area contributed by atoms with Gasteiger partial charge in [-0.2, -0.15) is 0 Å². The number of aromatic amines is 1. The number of ether oxygens (including phenoxy) is 2. The average molecular weight is 904 g/mol. The summed E-state index contributed by atoms with van der Waals surface area (Å²) in [7, 11) is 1.04. The number of aromatic nitrogens is 1. The predicted octanol–water partition coefficient (Wildman–Crippen LogP) is 4.59. The monoisotopic (exact) mass is 903 g/mol. The van der Waals surface area contributed by atoms with E-state index in [0.29, 0.717) is 88.2 Å². The number of rotatable bonds is 12. The lowest BCUT2D eigenvalue weighted by molar-refractivity contribution is -0.203. The quantitative estimate of drug-likeness (QED) is 0.0967. The van der Waals surface area contributed by atoms with Crippen molar-refractivity contribution in [3.05, 3.63) is 70.9 Å². The van der Waals surface area contributed by atoms with E-state index >= 15 is 9.59 Å². The molecule has 5 N–H and O–H groups in total. The predicted molar refractivity (Wildman–Crippen MR) is 243 cm³/mol. The van der Waals surface area contributed by atoms with Crippen LogP contribution in [-0.2, 0) is 45.2 Å². The lowest BCUT2D eigenvalue weighted by Gasteiger charge is -2.63. The number of H-pyrrole nitrogens is 1. The number of nitrogens with one attached hydrogen (secondary N) is 2. The molecule has 1 saturated carbocycles. The summed E-state index contributed by atoms with van der Waals surface area (Å²) in [4.78, 5) is 40.8. The summed E-state index contributed by atoms with van der Waals surface area (Å²) in [6, 6.07) is 10.7. The van der Waals surface area contributed by atoms with Gasteiger partial charge in [0.1, 0.15) is 23.6 Å². The van der Waals surface area contributed by atoms with Gasteiger partial charge in [-0.05, 0) is 88.1 Å². The molecule has 1 aliphatic carbocycles. The second kappa shape index (κ2) is 16.2. The fourth-order valence-electron chi connectivity index (χ4n) is 13.9. The van der Waals surface area contributed by atoms with E-state index in [1.165, 1.54) is 7.11 Å². The molecule has 0 radical (unpaired) electrons. The Morgan fingerprint density at radius 3 is 2.42 bits per heavy atom. The lowest BCUT2D eigenvalue weighted by atomic mass is 9.47. The molecule has 64 heavy (non-hydrogen) atoms. The first-order valence-electron chi connectivity index (χ1n) is 23.2. The van der Waals surface area contributed by atoms with Crippen LogP contribution in [0.1, 0.15) is 82.2 Å². The van der Waals surface area contributed by atoms with Crippen LogP contribution in [0.4, 0.5) is 5.69 Å². The Balaban J connectivity index is 1.30. The Morgan fingerprint density at radius 1 is 0.984 bits per heavy atom. The van der Waals surface area contributed by atoms with Gasteiger partial charge < -0.3 is 49.0 Å². The molecule has 2 aromatic carbocycles. The molecule has 5 aliphatic heterocycles. The maximum atomic E-state index is 15.4. The van der Waals surface area contributed by atoms with E-state index in [2.05, 4.69) is 32.2 Å². The van der Waals surface area contributed by atoms with Crippen LogP contribution >= 0.6 is 7.60 Å². The van der Waals surface area contributed by atoms with Crippen LogP contribution in [0.25, 0.3) is 10.9 Å². The Hall–Kier alpha value is -3.79. The fourth-order valence-corrected chi connectivity index (χ4v) is 15.2. The van der Waals surface area contributed by atoms with Crippen molar-refractivity contribution < 1.29 is 48.0 Å². The van der Waals surface area contributed by atoms with Gasteiger partial charge in [0.05, 0.1) is 39.1 Å². The Bertz CT molecular complexity index is 2400. The van der Waals surface area contributed by atoms with Crippen LogP contribution in [0.2, 0.25) is 0 Å². The highest BCUT2D eigenvalue weighted by Crippen LogP contribution is 2.68. The molecule has 1 unspecified atom stereocenters. The molecule has 1 aromatic heterocycles. The van der Waals surface area contributed by atoms with Gasteiger partial charge in [0.25, 0.3) is 5.91 Å². The highest BCUT2D eigenvalue weighted by Gasteiger charge is 2.78. The minimum absolute atomic E-state index is 0.0841. The molecular formula is C48H66N5O10P. The number of esters is 1. The van der Waals surface area contributed by atoms with Crippen LogP contribution < -0.4 is 15.0 Å². The van der Waals surface area contributed by atoms with Gasteiger partial charge in [-0.3, -0.25) is 24.0 Å². The van der Waals surface area contributed by atoms with E-state index in [9.17, 15) is 19.9 Å². The molecule has 2 saturated heterocycles. The highest BCUT2D eigenvalue weighted by atomic mass is 31.2. The Kier molecular flexibility index (Phi) is 11.5. The number of methoxy groups -OCH3 is 2. The number of likely N-dealkylation sites (N-methyl/N-ethyl adjacent to an activating group) is 1. The summed E-state index contributed by atoms with van der Waals surface area (Å²) < 4.78 is 37.1. The maximum Gasteiger partial charge on any atom is 0.349 e. The van der Waals surface area contributed by atoms with Crippen molar-refractivity contribution in [1.29, 1.82) is 0 Å². The second-order valence-electron chi connectivity index (χ2n) is 19.2. The van der Waals surface area contributed by atoms with Gasteiger partial charge in [0.2, 0.25) is 0 Å². The molecule has 15 nitrogen and oxygen atoms in total. The number of fused-ring (bicyclic) bond motifs is 6. The molecule has 348 valence electrons. The van der Waals surface area contributed by atoms with Crippen molar-refractivity contribution in [3.63, 3.8) is 0 Å². The van der Waals surface area contributed by atoms with Crippen LogP contribution in [0.15, 0.2) is 48.6 Å². The maximum absolute atomic E-state index is 15.4. The van der Waals surface area contributed by atoms with E-state index in [0.717, 1.165) is 27.7 Å². The third-order valence-corrected chi connectivity index (χ3v) is 18.1. The number of hydrogen-bond donors (Lipinski definition) is 5. The molecule has 1 amide bonds. The number of amides is 1. The SMILES string of the molecule is CCOP(=O)(CNC(=O)[C@@]1(O)[C@H](O)[C@]2(CC)C=CCN3CC[C@@]4(c5cc([C@@]6(C(=O)OC)C[C@@H]7CN(CCc8c6[nH]c6ccccc86)C[C@](O)(CC)C7)c(OC)cc5N(C)[C@@H]14)[C@@H]32)OCC. The number of hydrogen-bond acceptors (Lipinski definition) is 13. The van der Waals surface area contributed by atoms with E-state index in [1.54, 1.807) is 21.0 Å². The van der Waals surface area contributed by atoms with E-state index in [1.807, 2.05) is 62.2 Å². The van der Waals surface area contributed by atoms with Gasteiger partial charge in [-0.15, -0.1) is 0 Å². The third kappa shape index (κ3) is 6.28. The van der Waals surface area contributed by atoms with Crippen molar-refractivity contribution in [1.82, 2.24) is 20.1 Å². The summed E-state index contributed by atoms with van der Waals surface area (Å²) in [6.07, 6.45) is 4.84. The zero-order valence-electron chi connectivity index (χ0n) is 38.3.